The molecule has 21 atom stereocenters. The molecule has 0 bridgehead atoms. The minimum atomic E-state index is -0.868. The number of H-pyrrole nitrogens is 1. The highest BCUT2D eigenvalue weighted by Crippen LogP contribution is 2.32. The summed E-state index contributed by atoms with van der Waals surface area (Å²) in [6.07, 6.45) is 8.10. The maximum absolute atomic E-state index is 14.8. The standard InChI is InChI=1S/C94H132N20O15/c1-50(2)30-57(38-102-88(123)64-19-11-24-74(64)107-82(117)34-59(32-55-16-10-15-54-14-6-7-17-62(54)55)105-90(125)66-21-13-23-73(66)104-52(5)115)86(121)111-78-46-98-42-69(78)93(128)113-80-48-97-41-68(80)91(126)106-60(33-56-37-101-72-22-9-8-18-63(56)72)35-83(118)108-75-25-12-20-65(75)89(124)103-39-58(31-53-26-28-61(116)29-27-53)87(122)112-79-47-99-43-70(79)94(129)114-81-49-100-44-71(81)92(127)110-76(51(3)4)36-84(119)109-77-45-96-40-67(77)85(95)120/h6-10,14-18,22,26-29,37,50-51,57-60,64-71,73-81,96-101,116H,11-13,19-21,23-25,30-36,38-49H2,1-5H3,(H2,95,120)(H,102,123)(H,103,124)(H,104,115)(H,105,125)(H,106,126)(H,107,117)(H,108,118)(H,109,119)(H,110,127)(H,111,121)(H,112,122)(H,113,128)(H,114,129)/t57-,58-,59-,60-,64?,65?,66?,67?,68?,69?,70?,71?,73?,74?,75?,76+,77?,78?,79?,80?,81?/m0/s1. The van der Waals surface area contributed by atoms with Gasteiger partial charge in [0.1, 0.15) is 5.75 Å². The molecule has 35 nitrogen and oxygen atoms in total. The van der Waals surface area contributed by atoms with E-state index in [4.69, 9.17) is 5.73 Å². The molecule has 22 N–H and O–H groups in total. The van der Waals surface area contributed by atoms with Crippen LogP contribution in [0.2, 0.25) is 0 Å². The van der Waals surface area contributed by atoms with E-state index in [9.17, 15) is 72.2 Å². The number of para-hydroxylation sites is 1. The molecule has 5 aliphatic heterocycles. The van der Waals surface area contributed by atoms with Crippen LogP contribution >= 0.6 is 0 Å². The molecular weight excluding hydrogens is 1650 g/mol. The fourth-order valence-electron chi connectivity index (χ4n) is 20.5. The first-order chi connectivity index (χ1) is 62.1. The van der Waals surface area contributed by atoms with E-state index in [1.165, 1.54) is 19.1 Å². The maximum Gasteiger partial charge on any atom is 0.226 e. The number of carbonyl (C=O) groups is 14. The van der Waals surface area contributed by atoms with Crippen molar-refractivity contribution in [3.63, 3.8) is 0 Å². The van der Waals surface area contributed by atoms with Gasteiger partial charge in [-0.15, -0.1) is 0 Å². The van der Waals surface area contributed by atoms with Gasteiger partial charge in [0.2, 0.25) is 82.7 Å². The minimum absolute atomic E-state index is 0.00975. The number of amides is 14. The molecule has 129 heavy (non-hydrogen) atoms. The third kappa shape index (κ3) is 25.5. The monoisotopic (exact) mass is 1780 g/mol. The Kier molecular flexibility index (Phi) is 33.2. The Labute approximate surface area is 752 Å². The van der Waals surface area contributed by atoms with Gasteiger partial charge in [-0.1, -0.05) is 120 Å². The number of fused-ring (bicyclic) bond motifs is 2. The second kappa shape index (κ2) is 44.9. The van der Waals surface area contributed by atoms with E-state index in [1.54, 1.807) is 12.1 Å². The van der Waals surface area contributed by atoms with Crippen molar-refractivity contribution in [1.29, 1.82) is 0 Å². The zero-order chi connectivity index (χ0) is 91.5. The Morgan fingerprint density at radius 2 is 0.822 bits per heavy atom. The Hall–Kier alpha value is -11.1. The van der Waals surface area contributed by atoms with E-state index in [0.717, 1.165) is 39.2 Å². The smallest absolute Gasteiger partial charge is 0.226 e. The topological polar surface area (TPSA) is 518 Å². The normalized spacial score (nSPS) is 26.5. The lowest BCUT2D eigenvalue weighted by Gasteiger charge is -2.28. The lowest BCUT2D eigenvalue weighted by molar-refractivity contribution is -0.132. The number of aromatic nitrogens is 1. The zero-order valence-corrected chi connectivity index (χ0v) is 74.6. The molecule has 5 aromatic rings. The fourth-order valence-corrected chi connectivity index (χ4v) is 20.5. The molecule has 13 rings (SSSR count). The first kappa shape index (κ1) is 95.4. The quantitative estimate of drug-likeness (QED) is 0.0240. The molecule has 14 amide bonds. The minimum Gasteiger partial charge on any atom is -0.508 e. The van der Waals surface area contributed by atoms with Crippen LogP contribution in [0.5, 0.6) is 5.75 Å². The van der Waals surface area contributed by atoms with E-state index >= 15 is 0 Å². The molecule has 1 aromatic heterocycles. The molecule has 3 aliphatic carbocycles. The van der Waals surface area contributed by atoms with Crippen LogP contribution in [0.4, 0.5) is 0 Å². The molecule has 6 heterocycles. The highest BCUT2D eigenvalue weighted by molar-refractivity contribution is 5.92. The van der Waals surface area contributed by atoms with Crippen molar-refractivity contribution in [3.05, 3.63) is 114 Å². The van der Waals surface area contributed by atoms with Crippen LogP contribution in [0.25, 0.3) is 21.7 Å². The van der Waals surface area contributed by atoms with Gasteiger partial charge in [0.15, 0.2) is 0 Å². The van der Waals surface area contributed by atoms with Crippen LogP contribution in [-0.2, 0) is 86.4 Å². The average molecular weight is 1780 g/mol. The third-order valence-corrected chi connectivity index (χ3v) is 27.6. The Morgan fingerprint density at radius 1 is 0.395 bits per heavy atom. The molecule has 698 valence electrons. The summed E-state index contributed by atoms with van der Waals surface area (Å²) in [5.74, 6) is -11.8. The van der Waals surface area contributed by atoms with Gasteiger partial charge >= 0.3 is 0 Å². The maximum atomic E-state index is 14.8. The molecule has 16 unspecified atom stereocenters. The van der Waals surface area contributed by atoms with Gasteiger partial charge < -0.3 is 112 Å². The van der Waals surface area contributed by atoms with Crippen LogP contribution in [0, 0.1) is 71.0 Å². The number of primary amides is 1. The summed E-state index contributed by atoms with van der Waals surface area (Å²) in [4.78, 5) is 199. The van der Waals surface area contributed by atoms with Gasteiger partial charge in [-0.25, -0.2) is 0 Å². The number of benzene rings is 4. The third-order valence-electron chi connectivity index (χ3n) is 27.6. The summed E-state index contributed by atoms with van der Waals surface area (Å²) in [6.45, 7) is 11.8. The van der Waals surface area contributed by atoms with Crippen LogP contribution in [-0.4, -0.2) is 238 Å². The fraction of sp³-hybridized carbons (Fsp3) is 0.596. The first-order valence-electron chi connectivity index (χ1n) is 46.5. The number of hydrogen-bond donors (Lipinski definition) is 21. The number of rotatable bonds is 40. The Bertz CT molecular complexity index is 4830. The number of hydrogen-bond acceptors (Lipinski definition) is 20. The van der Waals surface area contributed by atoms with Crippen molar-refractivity contribution < 1.29 is 72.2 Å². The predicted octanol–water partition coefficient (Wildman–Crippen LogP) is -0.273. The second-order valence-corrected chi connectivity index (χ2v) is 37.8. The van der Waals surface area contributed by atoms with Crippen molar-refractivity contribution in [2.75, 3.05) is 78.5 Å². The lowest BCUT2D eigenvalue weighted by Crippen LogP contribution is -2.54. The number of nitrogens with two attached hydrogens (primary N) is 1. The van der Waals surface area contributed by atoms with Gasteiger partial charge in [0.25, 0.3) is 0 Å². The van der Waals surface area contributed by atoms with Crippen molar-refractivity contribution in [2.45, 2.75) is 204 Å². The second-order valence-electron chi connectivity index (χ2n) is 37.8. The molecule has 35 heteroatoms. The van der Waals surface area contributed by atoms with Crippen molar-refractivity contribution in [1.82, 2.24) is 101 Å². The van der Waals surface area contributed by atoms with Crippen molar-refractivity contribution in [3.8, 4) is 5.75 Å². The molecule has 0 spiro atoms. The number of aromatic amines is 1. The molecule has 0 radical (unpaired) electrons. The summed E-state index contributed by atoms with van der Waals surface area (Å²) in [7, 11) is 0. The molecule has 3 saturated carbocycles. The Morgan fingerprint density at radius 3 is 1.35 bits per heavy atom. The lowest BCUT2D eigenvalue weighted by atomic mass is 9.93. The molecule has 8 fully saturated rings. The van der Waals surface area contributed by atoms with E-state index in [-0.39, 0.29) is 174 Å². The van der Waals surface area contributed by atoms with Crippen LogP contribution in [0.3, 0.4) is 0 Å². The highest BCUT2D eigenvalue weighted by atomic mass is 16.3. The summed E-state index contributed by atoms with van der Waals surface area (Å²) < 4.78 is 0. The average Bonchev–Trinajstić information content (AvgIpc) is 1.30. The van der Waals surface area contributed by atoms with E-state index in [0.29, 0.717) is 89.4 Å². The first-order valence-corrected chi connectivity index (χ1v) is 46.5. The molecule has 8 aliphatic rings. The Balaban J connectivity index is 0.590. The molecule has 5 saturated heterocycles. The van der Waals surface area contributed by atoms with Gasteiger partial charge in [0, 0.05) is 158 Å². The SMILES string of the molecule is CC(=O)NC1CCCC1C(=O)N[C@H](CC(=O)NC1CCCC1C(=O)NC[C@H](CC(C)C)C(=O)NC1CNCC1C(=O)NC1CNCC1C(=O)N[C@H](CC(=O)NC1CCCC1C(=O)NC[C@H](Cc1ccc(O)cc1)C(=O)NC1CNCC1C(=O)NC1CNCC1C(=O)N[C@H](CC(=O)NC1CNCC1C(N)=O)C(C)C)Cc1c[nH]c2ccccc12)Cc1cccc2ccccc12. The van der Waals surface area contributed by atoms with Gasteiger partial charge in [-0.05, 0) is 122 Å². The number of phenolic OH excluding ortho intramolecular Hbond substituents is 1. The molecule has 4 aromatic carbocycles. The summed E-state index contributed by atoms with van der Waals surface area (Å²) in [6, 6.07) is 21.6. The zero-order valence-electron chi connectivity index (χ0n) is 74.6. The number of phenols is 1. The van der Waals surface area contributed by atoms with Gasteiger partial charge in [0.05, 0.1) is 89.4 Å². The van der Waals surface area contributed by atoms with Gasteiger partial charge in [-0.2, -0.15) is 0 Å². The number of nitrogens with one attached hydrogen (secondary N) is 19. The summed E-state index contributed by atoms with van der Waals surface area (Å²) in [5, 5.41) is 69.2. The summed E-state index contributed by atoms with van der Waals surface area (Å²) in [5.41, 5.74) is 8.94. The number of carbonyl (C=O) groups excluding carboxylic acids is 14. The van der Waals surface area contributed by atoms with Gasteiger partial charge in [-0.3, -0.25) is 67.1 Å². The molecular formula is C94H132N20O15. The van der Waals surface area contributed by atoms with Crippen LogP contribution in [0.1, 0.15) is 135 Å². The van der Waals surface area contributed by atoms with E-state index < -0.39 is 143 Å². The van der Waals surface area contributed by atoms with Crippen LogP contribution in [0.15, 0.2) is 97.2 Å². The van der Waals surface area contributed by atoms with E-state index in [2.05, 4.69) is 101 Å². The predicted molar refractivity (Wildman–Crippen MR) is 483 cm³/mol. The van der Waals surface area contributed by atoms with Crippen molar-refractivity contribution in [2.24, 2.45) is 76.7 Å². The summed E-state index contributed by atoms with van der Waals surface area (Å²) >= 11 is 0. The number of aromatic hydroxyl groups is 1. The largest absolute Gasteiger partial charge is 0.508 e. The van der Waals surface area contributed by atoms with Crippen LogP contribution < -0.4 is 101 Å². The highest BCUT2D eigenvalue weighted by Gasteiger charge is 2.46. The van der Waals surface area contributed by atoms with E-state index in [1.807, 2.05) is 101 Å². The van der Waals surface area contributed by atoms with Crippen molar-refractivity contribution >= 4 is 104 Å².